The number of fused-ring (bicyclic) bond motifs is 12. The first-order valence-electron chi connectivity index (χ1n) is 18.5. The van der Waals surface area contributed by atoms with Crippen molar-refractivity contribution < 1.29 is 0 Å². The molecule has 12 rings (SSSR count). The number of nitrogens with zero attached hydrogens (tertiary/aromatic N) is 1. The third kappa shape index (κ3) is 4.06. The first-order chi connectivity index (χ1) is 26.8. The summed E-state index contributed by atoms with van der Waals surface area (Å²) in [6, 6.07) is 70.4. The SMILES string of the molecule is c1ccc2c(c1)Sc1ccccc1C21c2ccccc2-c2ccc(N(c3ccc4c(c3)sc3ccccc34)c3cccc4ccccc34)c3cccc1c23. The molecular formula is C51H31NS2. The lowest BCUT2D eigenvalue weighted by Crippen LogP contribution is -2.36. The maximum atomic E-state index is 2.51. The molecule has 0 saturated heterocycles. The van der Waals surface area contributed by atoms with Crippen molar-refractivity contribution in [2.24, 2.45) is 0 Å². The Bertz CT molecular complexity index is 3120. The van der Waals surface area contributed by atoms with Crippen molar-refractivity contribution in [1.82, 2.24) is 0 Å². The fraction of sp³-hybridized carbons (Fsp3) is 0.0196. The smallest absolute Gasteiger partial charge is 0.0735 e. The number of rotatable bonds is 3. The van der Waals surface area contributed by atoms with Gasteiger partial charge in [0.15, 0.2) is 0 Å². The third-order valence-electron chi connectivity index (χ3n) is 11.7. The summed E-state index contributed by atoms with van der Waals surface area (Å²) in [7, 11) is 0. The van der Waals surface area contributed by atoms with Crippen LogP contribution in [0.4, 0.5) is 17.1 Å². The molecule has 2 aliphatic rings. The minimum Gasteiger partial charge on any atom is -0.309 e. The molecule has 1 nitrogen and oxygen atoms in total. The van der Waals surface area contributed by atoms with E-state index in [0.717, 1.165) is 5.69 Å². The normalized spacial score (nSPS) is 13.6. The Labute approximate surface area is 321 Å². The highest BCUT2D eigenvalue weighted by Crippen LogP contribution is 2.62. The fourth-order valence-electron chi connectivity index (χ4n) is 9.55. The highest BCUT2D eigenvalue weighted by atomic mass is 32.2. The summed E-state index contributed by atoms with van der Waals surface area (Å²) in [4.78, 5) is 5.15. The van der Waals surface area contributed by atoms with Crippen molar-refractivity contribution in [1.29, 1.82) is 0 Å². The Kier molecular flexibility index (Phi) is 6.42. The Morgan fingerprint density at radius 3 is 1.85 bits per heavy atom. The number of hydrogen-bond acceptors (Lipinski definition) is 3. The molecule has 9 aromatic carbocycles. The van der Waals surface area contributed by atoms with Crippen molar-refractivity contribution >= 4 is 81.9 Å². The van der Waals surface area contributed by atoms with E-state index in [9.17, 15) is 0 Å². The Morgan fingerprint density at radius 2 is 1.00 bits per heavy atom. The van der Waals surface area contributed by atoms with E-state index >= 15 is 0 Å². The molecule has 1 aliphatic heterocycles. The molecule has 0 bridgehead atoms. The zero-order valence-corrected chi connectivity index (χ0v) is 30.8. The molecule has 1 spiro atoms. The molecule has 3 heteroatoms. The molecule has 1 aliphatic carbocycles. The van der Waals surface area contributed by atoms with Gasteiger partial charge in [0.05, 0.1) is 16.8 Å². The van der Waals surface area contributed by atoms with Gasteiger partial charge in [-0.25, -0.2) is 0 Å². The summed E-state index contributed by atoms with van der Waals surface area (Å²) in [5, 5.41) is 7.64. The van der Waals surface area contributed by atoms with E-state index in [4.69, 9.17) is 0 Å². The number of hydrogen-bond donors (Lipinski definition) is 0. The van der Waals surface area contributed by atoms with Gasteiger partial charge in [-0.15, -0.1) is 11.3 Å². The van der Waals surface area contributed by atoms with Gasteiger partial charge >= 0.3 is 0 Å². The second kappa shape index (κ2) is 11.4. The summed E-state index contributed by atoms with van der Waals surface area (Å²) >= 11 is 3.77. The first-order valence-corrected chi connectivity index (χ1v) is 20.1. The summed E-state index contributed by atoms with van der Waals surface area (Å²) in [6.45, 7) is 0. The second-order valence-electron chi connectivity index (χ2n) is 14.4. The van der Waals surface area contributed by atoms with Crippen LogP contribution in [0.1, 0.15) is 22.3 Å². The highest BCUT2D eigenvalue weighted by molar-refractivity contribution is 7.99. The largest absolute Gasteiger partial charge is 0.309 e. The minimum atomic E-state index is -0.472. The van der Waals surface area contributed by atoms with E-state index in [2.05, 4.69) is 193 Å². The topological polar surface area (TPSA) is 3.24 Å². The molecule has 252 valence electrons. The second-order valence-corrected chi connectivity index (χ2v) is 16.5. The Hall–Kier alpha value is -6.13. The van der Waals surface area contributed by atoms with E-state index < -0.39 is 5.41 Å². The van der Waals surface area contributed by atoms with Crippen LogP contribution in [0.2, 0.25) is 0 Å². The molecule has 0 fully saturated rings. The number of benzene rings is 9. The monoisotopic (exact) mass is 721 g/mol. The standard InChI is InChI=1S/C51H31NS2/c1-2-15-34-32(13-1)14-11-23-44(34)52(33-27-28-37-36-17-4-8-24-46(36)53-49(37)31-33)45-30-29-38-35-16-3-5-19-40(35)51(43-22-12-18-39(45)50(38)43)41-20-6-9-25-47(41)54-48-26-10-7-21-42(48)51/h1-31H. The van der Waals surface area contributed by atoms with Gasteiger partial charge in [0, 0.05) is 46.4 Å². The van der Waals surface area contributed by atoms with Gasteiger partial charge in [-0.3, -0.25) is 0 Å². The number of anilines is 3. The van der Waals surface area contributed by atoms with E-state index in [1.54, 1.807) is 0 Å². The quantitative estimate of drug-likeness (QED) is 0.179. The van der Waals surface area contributed by atoms with E-state index in [0.29, 0.717) is 0 Å². The van der Waals surface area contributed by atoms with Gasteiger partial charge in [-0.2, -0.15) is 0 Å². The molecule has 1 aromatic heterocycles. The first kappa shape index (κ1) is 30.3. The Balaban J connectivity index is 1.21. The van der Waals surface area contributed by atoms with Crippen LogP contribution < -0.4 is 4.90 Å². The van der Waals surface area contributed by atoms with Crippen LogP contribution >= 0.6 is 23.1 Å². The van der Waals surface area contributed by atoms with Crippen molar-refractivity contribution in [3.05, 3.63) is 210 Å². The van der Waals surface area contributed by atoms with Crippen LogP contribution in [0, 0.1) is 0 Å². The molecule has 0 atom stereocenters. The fourth-order valence-corrected chi connectivity index (χ4v) is 11.9. The summed E-state index contributed by atoms with van der Waals surface area (Å²) in [5.41, 5.74) is 11.0. The molecule has 54 heavy (non-hydrogen) atoms. The predicted octanol–water partition coefficient (Wildman–Crippen LogP) is 14.7. The van der Waals surface area contributed by atoms with Crippen LogP contribution in [-0.2, 0) is 5.41 Å². The molecule has 0 unspecified atom stereocenters. The van der Waals surface area contributed by atoms with Crippen LogP contribution in [0.5, 0.6) is 0 Å². The number of thiophene rings is 1. The average molecular weight is 722 g/mol. The van der Waals surface area contributed by atoms with Crippen molar-refractivity contribution in [3.8, 4) is 11.1 Å². The molecular weight excluding hydrogens is 691 g/mol. The van der Waals surface area contributed by atoms with Crippen LogP contribution in [0.3, 0.4) is 0 Å². The predicted molar refractivity (Wildman–Crippen MR) is 230 cm³/mol. The maximum absolute atomic E-state index is 2.51. The molecule has 0 saturated carbocycles. The van der Waals surface area contributed by atoms with Gasteiger partial charge < -0.3 is 4.90 Å². The van der Waals surface area contributed by atoms with Crippen molar-refractivity contribution in [3.63, 3.8) is 0 Å². The van der Waals surface area contributed by atoms with Gasteiger partial charge in [0.1, 0.15) is 0 Å². The lowest BCUT2D eigenvalue weighted by Gasteiger charge is -2.46. The van der Waals surface area contributed by atoms with E-state index in [1.807, 2.05) is 23.1 Å². The molecule has 2 heterocycles. The van der Waals surface area contributed by atoms with E-state index in [-0.39, 0.29) is 0 Å². The van der Waals surface area contributed by atoms with Crippen LogP contribution in [0.25, 0.3) is 52.8 Å². The summed E-state index contributed by atoms with van der Waals surface area (Å²) in [6.07, 6.45) is 0. The third-order valence-corrected chi connectivity index (χ3v) is 14.0. The zero-order valence-electron chi connectivity index (χ0n) is 29.2. The summed E-state index contributed by atoms with van der Waals surface area (Å²) in [5.74, 6) is 0. The average Bonchev–Trinajstić information content (AvgIpc) is 3.61. The van der Waals surface area contributed by atoms with E-state index in [1.165, 1.54) is 96.3 Å². The zero-order chi connectivity index (χ0) is 35.4. The Morgan fingerprint density at radius 1 is 0.389 bits per heavy atom. The van der Waals surface area contributed by atoms with Gasteiger partial charge in [0.2, 0.25) is 0 Å². The van der Waals surface area contributed by atoms with Gasteiger partial charge in [-0.05, 0) is 86.6 Å². The molecule has 0 radical (unpaired) electrons. The molecule has 0 amide bonds. The molecule has 0 N–H and O–H groups in total. The maximum Gasteiger partial charge on any atom is 0.0735 e. The van der Waals surface area contributed by atoms with Crippen LogP contribution in [0.15, 0.2) is 198 Å². The summed E-state index contributed by atoms with van der Waals surface area (Å²) < 4.78 is 2.61. The highest BCUT2D eigenvalue weighted by Gasteiger charge is 2.48. The lowest BCUT2D eigenvalue weighted by molar-refractivity contribution is 0.707. The lowest BCUT2D eigenvalue weighted by atomic mass is 9.59. The van der Waals surface area contributed by atoms with Gasteiger partial charge in [-0.1, -0.05) is 157 Å². The van der Waals surface area contributed by atoms with Crippen molar-refractivity contribution in [2.45, 2.75) is 15.2 Å². The van der Waals surface area contributed by atoms with Gasteiger partial charge in [0.25, 0.3) is 0 Å². The van der Waals surface area contributed by atoms with Crippen LogP contribution in [-0.4, -0.2) is 0 Å². The minimum absolute atomic E-state index is 0.472. The molecule has 10 aromatic rings. The van der Waals surface area contributed by atoms with Crippen molar-refractivity contribution in [2.75, 3.05) is 4.90 Å².